The van der Waals surface area contributed by atoms with Gasteiger partial charge in [0.2, 0.25) is 0 Å². The first kappa shape index (κ1) is 13.0. The largest absolute Gasteiger partial charge is 0.253 e. The van der Waals surface area contributed by atoms with Crippen LogP contribution in [0.1, 0.15) is 24.1 Å². The highest BCUT2D eigenvalue weighted by Crippen LogP contribution is 2.37. The van der Waals surface area contributed by atoms with Gasteiger partial charge in [0.1, 0.15) is 0 Å². The second-order valence-corrected chi connectivity index (χ2v) is 6.56. The van der Waals surface area contributed by atoms with Gasteiger partial charge in [-0.3, -0.25) is 4.98 Å². The van der Waals surface area contributed by atoms with Crippen molar-refractivity contribution in [2.75, 3.05) is 0 Å². The lowest BCUT2D eigenvalue weighted by molar-refractivity contribution is 0.672. The van der Waals surface area contributed by atoms with Gasteiger partial charge in [-0.15, -0.1) is 0 Å². The third-order valence-electron chi connectivity index (χ3n) is 4.29. The van der Waals surface area contributed by atoms with Crippen LogP contribution in [0, 0.1) is 0 Å². The number of pyridine rings is 1. The van der Waals surface area contributed by atoms with Crippen LogP contribution in [0.3, 0.4) is 0 Å². The van der Waals surface area contributed by atoms with E-state index < -0.39 is 0 Å². The van der Waals surface area contributed by atoms with E-state index in [-0.39, 0.29) is 0 Å². The summed E-state index contributed by atoms with van der Waals surface area (Å²) >= 11 is 3.61. The number of rotatable bonds is 1. The quantitative estimate of drug-likeness (QED) is 0.567. The summed E-state index contributed by atoms with van der Waals surface area (Å²) in [5.41, 5.74) is 6.56. The van der Waals surface area contributed by atoms with Crippen LogP contribution in [0.25, 0.3) is 22.0 Å². The van der Waals surface area contributed by atoms with Gasteiger partial charge in [-0.25, -0.2) is 0 Å². The summed E-state index contributed by atoms with van der Waals surface area (Å²) in [5, 5.41) is 1.26. The first-order chi connectivity index (χ1) is 10.3. The Balaban J connectivity index is 2.11. The topological polar surface area (TPSA) is 12.9 Å². The minimum Gasteiger partial charge on any atom is -0.253 e. The Bertz CT molecular complexity index is 809. The van der Waals surface area contributed by atoms with Crippen LogP contribution in [-0.2, 0) is 12.8 Å². The van der Waals surface area contributed by atoms with Gasteiger partial charge in [0.15, 0.2) is 0 Å². The summed E-state index contributed by atoms with van der Waals surface area (Å²) < 4.78 is 1.12. The Morgan fingerprint density at radius 1 is 0.905 bits per heavy atom. The highest BCUT2D eigenvalue weighted by atomic mass is 79.9. The average Bonchev–Trinajstić information content (AvgIpc) is 2.53. The van der Waals surface area contributed by atoms with Crippen molar-refractivity contribution in [3.63, 3.8) is 0 Å². The van der Waals surface area contributed by atoms with Crippen molar-refractivity contribution >= 4 is 26.8 Å². The standard InChI is InChI=1S/C19H16BrN/c20-14-10-11-18-16(12-14)19(13-6-2-1-3-7-13)15-8-4-5-9-17(15)21-18/h1-3,6-7,10-12H,4-5,8-9H2. The minimum absolute atomic E-state index is 1.11. The number of halogens is 1. The average molecular weight is 338 g/mol. The van der Waals surface area contributed by atoms with E-state index in [0.717, 1.165) is 22.8 Å². The van der Waals surface area contributed by atoms with Gasteiger partial charge in [-0.05, 0) is 60.6 Å². The Kier molecular flexibility index (Phi) is 3.27. The van der Waals surface area contributed by atoms with E-state index in [1.54, 1.807) is 0 Å². The maximum absolute atomic E-state index is 4.92. The molecule has 0 spiro atoms. The monoisotopic (exact) mass is 337 g/mol. The van der Waals surface area contributed by atoms with E-state index in [1.807, 2.05) is 0 Å². The molecule has 21 heavy (non-hydrogen) atoms. The third kappa shape index (κ3) is 2.28. The van der Waals surface area contributed by atoms with E-state index in [2.05, 4.69) is 64.5 Å². The van der Waals surface area contributed by atoms with Crippen molar-refractivity contribution in [1.82, 2.24) is 4.98 Å². The summed E-state index contributed by atoms with van der Waals surface area (Å²) in [5.74, 6) is 0. The van der Waals surface area contributed by atoms with Crippen molar-refractivity contribution in [2.45, 2.75) is 25.7 Å². The number of aryl methyl sites for hydroxylation is 1. The van der Waals surface area contributed by atoms with Crippen molar-refractivity contribution < 1.29 is 0 Å². The Hall–Kier alpha value is -1.67. The molecule has 0 bridgehead atoms. The molecule has 4 rings (SSSR count). The van der Waals surface area contributed by atoms with Gasteiger partial charge in [-0.2, -0.15) is 0 Å². The normalized spacial score (nSPS) is 14.1. The van der Waals surface area contributed by atoms with Gasteiger partial charge in [0.05, 0.1) is 5.52 Å². The molecule has 2 heteroatoms. The summed E-state index contributed by atoms with van der Waals surface area (Å²) in [4.78, 5) is 4.92. The number of hydrogen-bond acceptors (Lipinski definition) is 1. The zero-order chi connectivity index (χ0) is 14.2. The van der Waals surface area contributed by atoms with E-state index in [9.17, 15) is 0 Å². The molecule has 0 saturated heterocycles. The van der Waals surface area contributed by atoms with Crippen molar-refractivity contribution in [3.05, 3.63) is 64.3 Å². The highest BCUT2D eigenvalue weighted by molar-refractivity contribution is 9.10. The lowest BCUT2D eigenvalue weighted by Gasteiger charge is -2.21. The molecule has 3 aromatic rings. The lowest BCUT2D eigenvalue weighted by atomic mass is 9.87. The van der Waals surface area contributed by atoms with Gasteiger partial charge in [-0.1, -0.05) is 46.3 Å². The molecule has 0 atom stereocenters. The number of benzene rings is 2. The molecule has 104 valence electrons. The highest BCUT2D eigenvalue weighted by Gasteiger charge is 2.19. The Morgan fingerprint density at radius 3 is 2.57 bits per heavy atom. The maximum Gasteiger partial charge on any atom is 0.0712 e. The van der Waals surface area contributed by atoms with Crippen molar-refractivity contribution in [2.24, 2.45) is 0 Å². The van der Waals surface area contributed by atoms with Gasteiger partial charge in [0.25, 0.3) is 0 Å². The van der Waals surface area contributed by atoms with Gasteiger partial charge in [0, 0.05) is 15.6 Å². The van der Waals surface area contributed by atoms with E-state index in [4.69, 9.17) is 4.98 Å². The summed E-state index contributed by atoms with van der Waals surface area (Å²) in [6.45, 7) is 0. The lowest BCUT2D eigenvalue weighted by Crippen LogP contribution is -2.08. The number of hydrogen-bond donors (Lipinski definition) is 0. The maximum atomic E-state index is 4.92. The number of nitrogens with zero attached hydrogens (tertiary/aromatic N) is 1. The van der Waals surface area contributed by atoms with Crippen molar-refractivity contribution in [1.29, 1.82) is 0 Å². The van der Waals surface area contributed by atoms with Crippen LogP contribution in [0.4, 0.5) is 0 Å². The Labute approximate surface area is 133 Å². The molecule has 0 radical (unpaired) electrons. The smallest absolute Gasteiger partial charge is 0.0712 e. The molecule has 0 fully saturated rings. The van der Waals surface area contributed by atoms with Crippen molar-refractivity contribution in [3.8, 4) is 11.1 Å². The first-order valence-electron chi connectivity index (χ1n) is 7.49. The van der Waals surface area contributed by atoms with Crippen LogP contribution >= 0.6 is 15.9 Å². The molecule has 1 aromatic heterocycles. The fourth-order valence-corrected chi connectivity index (χ4v) is 3.69. The molecule has 2 aromatic carbocycles. The minimum atomic E-state index is 1.11. The SMILES string of the molecule is Brc1ccc2nc3c(c(-c4ccccc4)c2c1)CCCC3. The molecule has 1 heterocycles. The van der Waals surface area contributed by atoms with Crippen LogP contribution < -0.4 is 0 Å². The van der Waals surface area contributed by atoms with E-state index in [1.165, 1.54) is 40.6 Å². The molecule has 0 unspecified atom stereocenters. The van der Waals surface area contributed by atoms with E-state index >= 15 is 0 Å². The second kappa shape index (κ2) is 5.27. The molecule has 1 aliphatic rings. The van der Waals surface area contributed by atoms with Gasteiger partial charge < -0.3 is 0 Å². The third-order valence-corrected chi connectivity index (χ3v) is 4.78. The predicted octanol–water partition coefficient (Wildman–Crippen LogP) is 5.54. The number of aromatic nitrogens is 1. The summed E-state index contributed by atoms with van der Waals surface area (Å²) in [6, 6.07) is 17.2. The predicted molar refractivity (Wildman–Crippen MR) is 91.5 cm³/mol. The fraction of sp³-hybridized carbons (Fsp3) is 0.211. The Morgan fingerprint density at radius 2 is 1.71 bits per heavy atom. The first-order valence-corrected chi connectivity index (χ1v) is 8.29. The van der Waals surface area contributed by atoms with Crippen LogP contribution in [0.5, 0.6) is 0 Å². The molecular weight excluding hydrogens is 322 g/mol. The summed E-state index contributed by atoms with van der Waals surface area (Å²) in [6.07, 6.45) is 4.79. The van der Waals surface area contributed by atoms with Crippen LogP contribution in [0.2, 0.25) is 0 Å². The molecule has 0 N–H and O–H groups in total. The molecule has 0 aliphatic heterocycles. The fourth-order valence-electron chi connectivity index (χ4n) is 3.33. The number of fused-ring (bicyclic) bond motifs is 2. The van der Waals surface area contributed by atoms with E-state index in [0.29, 0.717) is 0 Å². The molecular formula is C19H16BrN. The molecule has 0 saturated carbocycles. The molecule has 1 nitrogen and oxygen atoms in total. The zero-order valence-corrected chi connectivity index (χ0v) is 13.4. The molecule has 1 aliphatic carbocycles. The second-order valence-electron chi connectivity index (χ2n) is 5.65. The van der Waals surface area contributed by atoms with Gasteiger partial charge >= 0.3 is 0 Å². The molecule has 0 amide bonds. The van der Waals surface area contributed by atoms with Crippen LogP contribution in [-0.4, -0.2) is 4.98 Å². The zero-order valence-electron chi connectivity index (χ0n) is 11.8. The van der Waals surface area contributed by atoms with Crippen LogP contribution in [0.15, 0.2) is 53.0 Å². The summed E-state index contributed by atoms with van der Waals surface area (Å²) in [7, 11) is 0.